The maximum absolute atomic E-state index is 12.9. The Morgan fingerprint density at radius 1 is 1.04 bits per heavy atom. The number of benzene rings is 1. The van der Waals surface area contributed by atoms with Crippen LogP contribution in [0.2, 0.25) is 0 Å². The lowest BCUT2D eigenvalue weighted by atomic mass is 9.97. The molecular weight excluding hydrogens is 330 g/mol. The third-order valence-corrected chi connectivity index (χ3v) is 5.78. The van der Waals surface area contributed by atoms with Crippen molar-refractivity contribution in [2.75, 3.05) is 24.5 Å². The van der Waals surface area contributed by atoms with Crippen LogP contribution in [0, 0.1) is 5.41 Å². The van der Waals surface area contributed by atoms with Gasteiger partial charge in [0.05, 0.1) is 6.04 Å². The number of rotatable bonds is 3. The number of amides is 3. The predicted molar refractivity (Wildman–Crippen MR) is 99.3 cm³/mol. The molecule has 2 atom stereocenters. The van der Waals surface area contributed by atoms with Gasteiger partial charge in [-0.1, -0.05) is 0 Å². The highest BCUT2D eigenvalue weighted by Gasteiger charge is 2.49. The van der Waals surface area contributed by atoms with Crippen LogP contribution in [0.5, 0.6) is 0 Å². The number of amidine groups is 1. The zero-order valence-electron chi connectivity index (χ0n) is 14.9. The summed E-state index contributed by atoms with van der Waals surface area (Å²) in [5.41, 5.74) is 7.16. The van der Waals surface area contributed by atoms with Crippen molar-refractivity contribution in [1.82, 2.24) is 9.80 Å². The molecule has 1 aromatic rings. The Morgan fingerprint density at radius 2 is 1.69 bits per heavy atom. The van der Waals surface area contributed by atoms with E-state index >= 15 is 0 Å². The van der Waals surface area contributed by atoms with E-state index in [2.05, 4.69) is 4.90 Å². The summed E-state index contributed by atoms with van der Waals surface area (Å²) in [6, 6.07) is 6.49. The van der Waals surface area contributed by atoms with Crippen LogP contribution in [0.1, 0.15) is 37.7 Å². The molecule has 3 saturated heterocycles. The van der Waals surface area contributed by atoms with Crippen LogP contribution in [0.3, 0.4) is 0 Å². The molecule has 3 amide bonds. The van der Waals surface area contributed by atoms with Crippen molar-refractivity contribution in [2.24, 2.45) is 5.73 Å². The summed E-state index contributed by atoms with van der Waals surface area (Å²) in [6.07, 6.45) is 5.04. The molecule has 4 rings (SSSR count). The molecule has 0 saturated carbocycles. The third-order valence-electron chi connectivity index (χ3n) is 5.78. The van der Waals surface area contributed by atoms with E-state index in [1.165, 1.54) is 0 Å². The maximum Gasteiger partial charge on any atom is 0.325 e. The molecular formula is C19H25N5O2. The standard InChI is InChI=1S/C19H25N5O2/c20-17(22-10-3-4-11-22)13-6-8-14(9-7-13)24-16(18(21)25)15-5-1-2-12-23(15)19(24)26/h6-9,15-16,20H,1-5,10-12H2,(H2,21,25)/t15-,16?/m1/s1. The fourth-order valence-corrected chi connectivity index (χ4v) is 4.44. The predicted octanol–water partition coefficient (Wildman–Crippen LogP) is 1.76. The summed E-state index contributed by atoms with van der Waals surface area (Å²) in [7, 11) is 0. The van der Waals surface area contributed by atoms with E-state index in [9.17, 15) is 9.59 Å². The maximum atomic E-state index is 12.9. The number of primary amides is 1. The first-order chi connectivity index (χ1) is 12.6. The zero-order chi connectivity index (χ0) is 18.3. The number of likely N-dealkylation sites (tertiary alicyclic amines) is 1. The van der Waals surface area contributed by atoms with Crippen LogP contribution in [0.25, 0.3) is 0 Å². The number of carbonyl (C=O) groups is 2. The topological polar surface area (TPSA) is 93.7 Å². The number of nitrogens with two attached hydrogens (primary N) is 1. The Morgan fingerprint density at radius 3 is 2.35 bits per heavy atom. The number of piperidine rings is 1. The number of carbonyl (C=O) groups excluding carboxylic acids is 2. The molecule has 0 radical (unpaired) electrons. The molecule has 0 spiro atoms. The minimum Gasteiger partial charge on any atom is -0.368 e. The number of urea groups is 1. The third kappa shape index (κ3) is 2.71. The molecule has 0 aromatic heterocycles. The number of hydrogen-bond acceptors (Lipinski definition) is 3. The number of nitrogens with one attached hydrogen (secondary N) is 1. The quantitative estimate of drug-likeness (QED) is 0.639. The van der Waals surface area contributed by atoms with Crippen molar-refractivity contribution in [2.45, 2.75) is 44.2 Å². The summed E-state index contributed by atoms with van der Waals surface area (Å²) in [6.45, 7) is 2.53. The van der Waals surface area contributed by atoms with Gasteiger partial charge in [-0.15, -0.1) is 0 Å². The average molecular weight is 355 g/mol. The van der Waals surface area contributed by atoms with Gasteiger partial charge in [0.1, 0.15) is 11.9 Å². The highest BCUT2D eigenvalue weighted by molar-refractivity contribution is 6.04. The van der Waals surface area contributed by atoms with E-state index in [0.717, 1.165) is 50.8 Å². The van der Waals surface area contributed by atoms with Crippen molar-refractivity contribution < 1.29 is 9.59 Å². The molecule has 138 valence electrons. The molecule has 7 nitrogen and oxygen atoms in total. The van der Waals surface area contributed by atoms with Gasteiger partial charge in [-0.25, -0.2) is 4.79 Å². The number of hydrogen-bond donors (Lipinski definition) is 2. The lowest BCUT2D eigenvalue weighted by Gasteiger charge is -2.29. The van der Waals surface area contributed by atoms with Gasteiger partial charge >= 0.3 is 6.03 Å². The van der Waals surface area contributed by atoms with Crippen molar-refractivity contribution >= 4 is 23.5 Å². The number of nitrogens with zero attached hydrogens (tertiary/aromatic N) is 3. The zero-order valence-corrected chi connectivity index (χ0v) is 14.9. The van der Waals surface area contributed by atoms with Crippen LogP contribution >= 0.6 is 0 Å². The van der Waals surface area contributed by atoms with E-state index < -0.39 is 11.9 Å². The molecule has 0 bridgehead atoms. The molecule has 1 aromatic carbocycles. The van der Waals surface area contributed by atoms with Crippen LogP contribution in [0.4, 0.5) is 10.5 Å². The lowest BCUT2D eigenvalue weighted by molar-refractivity contribution is -0.119. The van der Waals surface area contributed by atoms with Crippen LogP contribution in [-0.4, -0.2) is 59.3 Å². The molecule has 0 aliphatic carbocycles. The summed E-state index contributed by atoms with van der Waals surface area (Å²) >= 11 is 0. The second kappa shape index (κ2) is 6.63. The van der Waals surface area contributed by atoms with E-state index in [1.54, 1.807) is 9.80 Å². The summed E-state index contributed by atoms with van der Waals surface area (Å²) in [4.78, 5) is 30.4. The Hall–Kier alpha value is -2.57. The fraction of sp³-hybridized carbons (Fsp3) is 0.526. The van der Waals surface area contributed by atoms with Gasteiger partial charge in [-0.2, -0.15) is 0 Å². The van der Waals surface area contributed by atoms with Gasteiger partial charge in [-0.3, -0.25) is 15.1 Å². The summed E-state index contributed by atoms with van der Waals surface area (Å²) in [5, 5.41) is 8.35. The SMILES string of the molecule is N=C(c1ccc(N2C(=O)N3CCCC[C@@H]3C2C(N)=O)cc1)N1CCCC1. The smallest absolute Gasteiger partial charge is 0.325 e. The lowest BCUT2D eigenvalue weighted by Crippen LogP contribution is -2.48. The fourth-order valence-electron chi connectivity index (χ4n) is 4.44. The first-order valence-corrected chi connectivity index (χ1v) is 9.41. The highest BCUT2D eigenvalue weighted by Crippen LogP contribution is 2.34. The van der Waals surface area contributed by atoms with Crippen molar-refractivity contribution in [3.05, 3.63) is 29.8 Å². The van der Waals surface area contributed by atoms with E-state index in [0.29, 0.717) is 18.1 Å². The van der Waals surface area contributed by atoms with Gasteiger partial charge in [0.25, 0.3) is 0 Å². The molecule has 3 heterocycles. The van der Waals surface area contributed by atoms with Crippen LogP contribution in [0.15, 0.2) is 24.3 Å². The normalized spacial score (nSPS) is 25.5. The highest BCUT2D eigenvalue weighted by atomic mass is 16.2. The van der Waals surface area contributed by atoms with Crippen LogP contribution < -0.4 is 10.6 Å². The molecule has 3 aliphatic rings. The molecule has 3 aliphatic heterocycles. The summed E-state index contributed by atoms with van der Waals surface area (Å²) < 4.78 is 0. The molecule has 7 heteroatoms. The number of fused-ring (bicyclic) bond motifs is 1. The monoisotopic (exact) mass is 355 g/mol. The minimum absolute atomic E-state index is 0.128. The van der Waals surface area contributed by atoms with Gasteiger partial charge in [0.2, 0.25) is 5.91 Å². The first-order valence-electron chi connectivity index (χ1n) is 9.41. The largest absolute Gasteiger partial charge is 0.368 e. The average Bonchev–Trinajstić information content (AvgIpc) is 3.28. The van der Waals surface area contributed by atoms with Gasteiger partial charge in [0, 0.05) is 30.9 Å². The van der Waals surface area contributed by atoms with Crippen LogP contribution in [-0.2, 0) is 4.79 Å². The van der Waals surface area contributed by atoms with Gasteiger partial charge < -0.3 is 15.5 Å². The molecule has 3 fully saturated rings. The first kappa shape index (κ1) is 16.9. The molecule has 3 N–H and O–H groups in total. The Kier molecular flexibility index (Phi) is 4.30. The number of anilines is 1. The van der Waals surface area contributed by atoms with Gasteiger partial charge in [0.15, 0.2) is 0 Å². The van der Waals surface area contributed by atoms with E-state index in [4.69, 9.17) is 11.1 Å². The van der Waals surface area contributed by atoms with Crippen molar-refractivity contribution in [3.63, 3.8) is 0 Å². The van der Waals surface area contributed by atoms with Gasteiger partial charge in [-0.05, 0) is 56.4 Å². The Bertz CT molecular complexity index is 726. The molecule has 1 unspecified atom stereocenters. The van der Waals surface area contributed by atoms with E-state index in [1.807, 2.05) is 24.3 Å². The Balaban J connectivity index is 1.60. The second-order valence-electron chi connectivity index (χ2n) is 7.35. The Labute approximate surface area is 153 Å². The van der Waals surface area contributed by atoms with E-state index in [-0.39, 0.29) is 12.1 Å². The van der Waals surface area contributed by atoms with Crippen molar-refractivity contribution in [3.8, 4) is 0 Å². The second-order valence-corrected chi connectivity index (χ2v) is 7.35. The van der Waals surface area contributed by atoms with Crippen molar-refractivity contribution in [1.29, 1.82) is 5.41 Å². The summed E-state index contributed by atoms with van der Waals surface area (Å²) in [5.74, 6) is 0.0623. The molecule has 26 heavy (non-hydrogen) atoms. The minimum atomic E-state index is -0.619.